The molecule has 1 rings (SSSR count). The second-order valence-corrected chi connectivity index (χ2v) is 7.69. The molecular weight excluding hydrogens is 294 g/mol. The Kier molecular flexibility index (Phi) is 5.62. The molecule has 1 aromatic rings. The molecule has 1 heterocycles. The summed E-state index contributed by atoms with van der Waals surface area (Å²) in [6.45, 7) is 4.75. The third kappa shape index (κ3) is 4.26. The van der Waals surface area contributed by atoms with Gasteiger partial charge < -0.3 is 5.32 Å². The Morgan fingerprint density at radius 2 is 2.06 bits per heavy atom. The molecule has 0 spiro atoms. The van der Waals surface area contributed by atoms with Gasteiger partial charge in [-0.2, -0.15) is 0 Å². The van der Waals surface area contributed by atoms with Crippen molar-refractivity contribution in [3.63, 3.8) is 0 Å². The van der Waals surface area contributed by atoms with Crippen molar-refractivity contribution in [2.45, 2.75) is 30.9 Å². The highest BCUT2D eigenvalue weighted by Crippen LogP contribution is 2.23. The van der Waals surface area contributed by atoms with Crippen molar-refractivity contribution in [2.24, 2.45) is 5.92 Å². The minimum atomic E-state index is -3.75. The van der Waals surface area contributed by atoms with Gasteiger partial charge in [-0.25, -0.2) is 8.42 Å². The predicted molar refractivity (Wildman–Crippen MR) is 73.8 cm³/mol. The number of carbonyl (C=O) groups excluding carboxylic acids is 1. The summed E-state index contributed by atoms with van der Waals surface area (Å²) in [7, 11) is 1.45. The Morgan fingerprint density at radius 3 is 2.50 bits per heavy atom. The maximum atomic E-state index is 11.8. The summed E-state index contributed by atoms with van der Waals surface area (Å²) in [6.07, 6.45) is 2.00. The predicted octanol–water partition coefficient (Wildman–Crippen LogP) is 2.84. The molecule has 7 heteroatoms. The number of nitrogens with one attached hydrogen (secondary N) is 1. The van der Waals surface area contributed by atoms with Gasteiger partial charge in [0.15, 0.2) is 0 Å². The van der Waals surface area contributed by atoms with E-state index >= 15 is 0 Å². The third-order valence-corrected chi connectivity index (χ3v) is 5.82. The lowest BCUT2D eigenvalue weighted by Crippen LogP contribution is -2.28. The van der Waals surface area contributed by atoms with Crippen molar-refractivity contribution in [3.8, 4) is 0 Å². The zero-order valence-corrected chi connectivity index (χ0v) is 12.7. The van der Waals surface area contributed by atoms with E-state index in [1.165, 1.54) is 11.4 Å². The second-order valence-electron chi connectivity index (χ2n) is 3.98. The first-order valence-electron chi connectivity index (χ1n) is 5.69. The summed E-state index contributed by atoms with van der Waals surface area (Å²) in [5, 5.41) is 4.29. The zero-order chi connectivity index (χ0) is 13.8. The van der Waals surface area contributed by atoms with Crippen LogP contribution in [0.25, 0.3) is 0 Å². The Balaban J connectivity index is 2.65. The molecule has 0 aromatic carbocycles. The van der Waals surface area contributed by atoms with E-state index in [9.17, 15) is 13.2 Å². The van der Waals surface area contributed by atoms with Crippen molar-refractivity contribution in [1.29, 1.82) is 0 Å². The van der Waals surface area contributed by atoms with E-state index in [0.717, 1.165) is 24.2 Å². The van der Waals surface area contributed by atoms with Gasteiger partial charge in [0.05, 0.1) is 5.56 Å². The lowest BCUT2D eigenvalue weighted by molar-refractivity contribution is 0.0947. The number of thiophene rings is 1. The average Bonchev–Trinajstić information content (AvgIpc) is 2.79. The number of hydrogen-bond donors (Lipinski definition) is 1. The highest BCUT2D eigenvalue weighted by atomic mass is 35.7. The van der Waals surface area contributed by atoms with Crippen LogP contribution in [0.5, 0.6) is 0 Å². The lowest BCUT2D eigenvalue weighted by atomic mass is 10.0. The summed E-state index contributed by atoms with van der Waals surface area (Å²) in [4.78, 5) is 11.8. The largest absolute Gasteiger partial charge is 0.352 e. The zero-order valence-electron chi connectivity index (χ0n) is 10.3. The molecule has 0 aliphatic carbocycles. The van der Waals surface area contributed by atoms with Crippen LogP contribution in [0.2, 0.25) is 0 Å². The van der Waals surface area contributed by atoms with Crippen LogP contribution in [0.1, 0.15) is 37.0 Å². The molecule has 0 bridgehead atoms. The van der Waals surface area contributed by atoms with Crippen LogP contribution in [0.4, 0.5) is 0 Å². The van der Waals surface area contributed by atoms with Gasteiger partial charge >= 0.3 is 0 Å². The first-order chi connectivity index (χ1) is 8.38. The number of hydrogen-bond acceptors (Lipinski definition) is 4. The van der Waals surface area contributed by atoms with Crippen LogP contribution in [0.3, 0.4) is 0 Å². The molecule has 0 saturated heterocycles. The van der Waals surface area contributed by atoms with E-state index < -0.39 is 9.05 Å². The maximum Gasteiger partial charge on any atom is 0.270 e. The molecule has 0 unspecified atom stereocenters. The molecule has 4 nitrogen and oxygen atoms in total. The molecule has 1 aromatic heterocycles. The summed E-state index contributed by atoms with van der Waals surface area (Å²) >= 11 is 0.950. The fraction of sp³-hybridized carbons (Fsp3) is 0.545. The van der Waals surface area contributed by atoms with Gasteiger partial charge in [0, 0.05) is 22.6 Å². The highest BCUT2D eigenvalue weighted by Gasteiger charge is 2.16. The van der Waals surface area contributed by atoms with Gasteiger partial charge in [0.1, 0.15) is 4.21 Å². The Labute approximate surface area is 116 Å². The Bertz CT molecular complexity index is 506. The topological polar surface area (TPSA) is 63.2 Å². The monoisotopic (exact) mass is 309 g/mol. The van der Waals surface area contributed by atoms with E-state index in [4.69, 9.17) is 10.7 Å². The van der Waals surface area contributed by atoms with Crippen LogP contribution in [0, 0.1) is 5.92 Å². The summed E-state index contributed by atoms with van der Waals surface area (Å²) in [5.74, 6) is 0.188. The average molecular weight is 310 g/mol. The van der Waals surface area contributed by atoms with Gasteiger partial charge in [-0.05, 0) is 12.0 Å². The standard InChI is InChI=1S/C11H16ClNO3S2/c1-3-8(4-2)6-13-11(14)9-5-10(17-7-9)18(12,15)16/h5,7-8H,3-4,6H2,1-2H3,(H,13,14). The van der Waals surface area contributed by atoms with Gasteiger partial charge in [0.25, 0.3) is 15.0 Å². The first kappa shape index (κ1) is 15.5. The Morgan fingerprint density at radius 1 is 1.44 bits per heavy atom. The van der Waals surface area contributed by atoms with Crippen LogP contribution >= 0.6 is 22.0 Å². The van der Waals surface area contributed by atoms with Crippen LogP contribution in [-0.2, 0) is 9.05 Å². The van der Waals surface area contributed by atoms with Gasteiger partial charge in [0.2, 0.25) is 0 Å². The summed E-state index contributed by atoms with van der Waals surface area (Å²) in [6, 6.07) is 1.30. The molecule has 18 heavy (non-hydrogen) atoms. The third-order valence-electron chi connectivity index (χ3n) is 2.78. The first-order valence-corrected chi connectivity index (χ1v) is 8.88. The van der Waals surface area contributed by atoms with Crippen molar-refractivity contribution in [1.82, 2.24) is 5.32 Å². The summed E-state index contributed by atoms with van der Waals surface area (Å²) in [5.41, 5.74) is 0.338. The molecular formula is C11H16ClNO3S2. The minimum absolute atomic E-state index is 0.00292. The number of carbonyl (C=O) groups is 1. The van der Waals surface area contributed by atoms with E-state index in [1.54, 1.807) is 0 Å². The molecule has 0 atom stereocenters. The molecule has 102 valence electrons. The fourth-order valence-electron chi connectivity index (χ4n) is 1.48. The number of rotatable bonds is 6. The molecule has 0 aliphatic heterocycles. The molecule has 0 saturated carbocycles. The van der Waals surface area contributed by atoms with Crippen molar-refractivity contribution in [3.05, 3.63) is 17.0 Å². The smallest absolute Gasteiger partial charge is 0.270 e. The van der Waals surface area contributed by atoms with Gasteiger partial charge in [-0.1, -0.05) is 26.7 Å². The van der Waals surface area contributed by atoms with Gasteiger partial charge in [-0.15, -0.1) is 11.3 Å². The molecule has 0 aliphatic rings. The fourth-order valence-corrected chi connectivity index (χ4v) is 3.43. The maximum absolute atomic E-state index is 11.8. The van der Waals surface area contributed by atoms with Crippen LogP contribution in [0.15, 0.2) is 15.7 Å². The SMILES string of the molecule is CCC(CC)CNC(=O)c1csc(S(=O)(=O)Cl)c1. The normalized spacial score (nSPS) is 11.8. The van der Waals surface area contributed by atoms with E-state index in [-0.39, 0.29) is 10.1 Å². The van der Waals surface area contributed by atoms with Crippen molar-refractivity contribution >= 4 is 37.0 Å². The number of halogens is 1. The minimum Gasteiger partial charge on any atom is -0.352 e. The van der Waals surface area contributed by atoms with Crippen LogP contribution < -0.4 is 5.32 Å². The molecule has 1 N–H and O–H groups in total. The highest BCUT2D eigenvalue weighted by molar-refractivity contribution is 8.15. The molecule has 0 radical (unpaired) electrons. The molecule has 0 fully saturated rings. The lowest BCUT2D eigenvalue weighted by Gasteiger charge is -2.12. The summed E-state index contributed by atoms with van der Waals surface area (Å²) < 4.78 is 22.1. The van der Waals surface area contributed by atoms with E-state index in [2.05, 4.69) is 19.2 Å². The van der Waals surface area contributed by atoms with E-state index in [1.807, 2.05) is 0 Å². The van der Waals surface area contributed by atoms with Crippen molar-refractivity contribution < 1.29 is 13.2 Å². The van der Waals surface area contributed by atoms with Crippen LogP contribution in [-0.4, -0.2) is 20.9 Å². The number of amides is 1. The quantitative estimate of drug-likeness (QED) is 0.822. The Hall–Kier alpha value is -0.590. The van der Waals surface area contributed by atoms with E-state index in [0.29, 0.717) is 18.0 Å². The second kappa shape index (κ2) is 6.54. The molecule has 1 amide bonds. The van der Waals surface area contributed by atoms with Crippen molar-refractivity contribution in [2.75, 3.05) is 6.54 Å². The van der Waals surface area contributed by atoms with Gasteiger partial charge in [-0.3, -0.25) is 4.79 Å².